The molecule has 0 spiro atoms. The molecule has 0 aliphatic carbocycles. The van der Waals surface area contributed by atoms with Gasteiger partial charge in [0.2, 0.25) is 17.7 Å². The third kappa shape index (κ3) is 8.80. The van der Waals surface area contributed by atoms with Crippen LogP contribution in [-0.4, -0.2) is 86.9 Å². The average molecular weight is 556 g/mol. The maximum absolute atomic E-state index is 13.6. The highest BCUT2D eigenvalue weighted by Crippen LogP contribution is 2.20. The standard InChI is InChI=1S/C26H37N9O5/c27-18(13-17-14-30-15-32-17)22(36)33-19(8-4-10-31-26(28)29)23(37)34-20(12-16-6-2-1-3-7-16)24(38)35-11-5-9-21(35)25(39)40/h1-3,6-7,14-15,18-21H,4-5,8-13,27H2,(H,30,32)(H,33,36)(H,34,37)(H,39,40)(H4,28,29,31). The molecule has 0 saturated carbocycles. The van der Waals surface area contributed by atoms with Gasteiger partial charge in [-0.25, -0.2) is 9.78 Å². The zero-order valence-electron chi connectivity index (χ0n) is 22.2. The van der Waals surface area contributed by atoms with Crippen LogP contribution in [0.5, 0.6) is 0 Å². The molecule has 10 N–H and O–H groups in total. The number of aromatic nitrogens is 2. The van der Waals surface area contributed by atoms with E-state index in [1.54, 1.807) is 6.20 Å². The number of nitrogens with one attached hydrogen (secondary N) is 3. The van der Waals surface area contributed by atoms with E-state index in [1.807, 2.05) is 30.3 Å². The van der Waals surface area contributed by atoms with E-state index in [4.69, 9.17) is 17.2 Å². The van der Waals surface area contributed by atoms with E-state index in [9.17, 15) is 24.3 Å². The second kappa shape index (κ2) is 14.6. The second-order valence-electron chi connectivity index (χ2n) is 9.68. The Labute approximate surface area is 231 Å². The number of carboxylic acids is 1. The Balaban J connectivity index is 1.77. The smallest absolute Gasteiger partial charge is 0.326 e. The number of aromatic amines is 1. The number of carbonyl (C=O) groups is 4. The number of amides is 3. The van der Waals surface area contributed by atoms with Gasteiger partial charge in [0.15, 0.2) is 5.96 Å². The number of aliphatic imine (C=N–C) groups is 1. The summed E-state index contributed by atoms with van der Waals surface area (Å²) in [6, 6.07) is 5.05. The first-order chi connectivity index (χ1) is 19.2. The molecule has 0 bridgehead atoms. The SMILES string of the molecule is NC(N)=NCCCC(NC(=O)C(N)Cc1cnc[nH]1)C(=O)NC(Cc1ccccc1)C(=O)N1CCCC1C(=O)O. The molecule has 0 radical (unpaired) electrons. The van der Waals surface area contributed by atoms with Gasteiger partial charge in [0.05, 0.1) is 12.4 Å². The van der Waals surface area contributed by atoms with E-state index in [0.29, 0.717) is 25.0 Å². The van der Waals surface area contributed by atoms with Crippen LogP contribution in [0.1, 0.15) is 36.9 Å². The largest absolute Gasteiger partial charge is 0.480 e. The number of imidazole rings is 1. The third-order valence-corrected chi connectivity index (χ3v) is 6.63. The Morgan fingerprint density at radius 1 is 1.10 bits per heavy atom. The summed E-state index contributed by atoms with van der Waals surface area (Å²) in [6.07, 6.45) is 4.75. The predicted octanol–water partition coefficient (Wildman–Crippen LogP) is -1.38. The summed E-state index contributed by atoms with van der Waals surface area (Å²) >= 11 is 0. The van der Waals surface area contributed by atoms with E-state index in [0.717, 1.165) is 5.56 Å². The van der Waals surface area contributed by atoms with Crippen molar-refractivity contribution in [2.75, 3.05) is 13.1 Å². The number of hydrogen-bond acceptors (Lipinski definition) is 7. The molecular weight excluding hydrogens is 518 g/mol. The number of nitrogens with zero attached hydrogens (tertiary/aromatic N) is 3. The molecule has 1 saturated heterocycles. The van der Waals surface area contributed by atoms with E-state index in [2.05, 4.69) is 25.6 Å². The molecule has 4 unspecified atom stereocenters. The van der Waals surface area contributed by atoms with Gasteiger partial charge >= 0.3 is 5.97 Å². The highest BCUT2D eigenvalue weighted by molar-refractivity contribution is 5.94. The third-order valence-electron chi connectivity index (χ3n) is 6.63. The van der Waals surface area contributed by atoms with Crippen LogP contribution in [0.15, 0.2) is 47.8 Å². The van der Waals surface area contributed by atoms with E-state index in [-0.39, 0.29) is 38.3 Å². The van der Waals surface area contributed by atoms with Crippen LogP contribution >= 0.6 is 0 Å². The summed E-state index contributed by atoms with van der Waals surface area (Å²) in [6.45, 7) is 0.501. The number of carbonyl (C=O) groups excluding carboxylic acids is 3. The summed E-state index contributed by atoms with van der Waals surface area (Å²) in [5.41, 5.74) is 18.3. The van der Waals surface area contributed by atoms with Gasteiger partial charge in [-0.3, -0.25) is 19.4 Å². The molecule has 14 heteroatoms. The topological polar surface area (TPSA) is 235 Å². The number of rotatable bonds is 14. The van der Waals surface area contributed by atoms with E-state index < -0.39 is 47.9 Å². The minimum Gasteiger partial charge on any atom is -0.480 e. The van der Waals surface area contributed by atoms with Crippen molar-refractivity contribution >= 4 is 29.7 Å². The molecule has 1 fully saturated rings. The van der Waals surface area contributed by atoms with Crippen molar-refractivity contribution < 1.29 is 24.3 Å². The van der Waals surface area contributed by atoms with Crippen molar-refractivity contribution in [2.24, 2.45) is 22.2 Å². The average Bonchev–Trinajstić information content (AvgIpc) is 3.62. The van der Waals surface area contributed by atoms with Gasteiger partial charge in [0.25, 0.3) is 0 Å². The van der Waals surface area contributed by atoms with E-state index >= 15 is 0 Å². The first-order valence-corrected chi connectivity index (χ1v) is 13.1. The van der Waals surface area contributed by atoms with Crippen molar-refractivity contribution in [1.82, 2.24) is 25.5 Å². The van der Waals surface area contributed by atoms with Crippen LogP contribution in [-0.2, 0) is 32.0 Å². The molecule has 1 aliphatic heterocycles. The maximum Gasteiger partial charge on any atom is 0.326 e. The number of benzene rings is 1. The zero-order chi connectivity index (χ0) is 29.1. The molecule has 1 aliphatic rings. The summed E-state index contributed by atoms with van der Waals surface area (Å²) in [4.78, 5) is 63.7. The molecule has 1 aromatic heterocycles. The summed E-state index contributed by atoms with van der Waals surface area (Å²) < 4.78 is 0. The molecule has 2 heterocycles. The molecule has 4 atom stereocenters. The Morgan fingerprint density at radius 3 is 2.48 bits per heavy atom. The number of hydrogen-bond donors (Lipinski definition) is 7. The number of carboxylic acid groups (broad SMARTS) is 1. The Hall–Kier alpha value is -4.46. The molecule has 3 rings (SSSR count). The van der Waals surface area contributed by atoms with Gasteiger partial charge in [-0.1, -0.05) is 30.3 Å². The van der Waals surface area contributed by atoms with Gasteiger partial charge in [-0.15, -0.1) is 0 Å². The van der Waals surface area contributed by atoms with Crippen LogP contribution in [0, 0.1) is 0 Å². The molecule has 14 nitrogen and oxygen atoms in total. The fourth-order valence-electron chi connectivity index (χ4n) is 4.59. The first kappa shape index (κ1) is 30.1. The molecule has 1 aromatic carbocycles. The number of nitrogens with two attached hydrogens (primary N) is 3. The number of likely N-dealkylation sites (tertiary alicyclic amines) is 1. The Morgan fingerprint density at radius 2 is 1.82 bits per heavy atom. The number of aliphatic carboxylic acids is 1. The van der Waals surface area contributed by atoms with Crippen molar-refractivity contribution in [2.45, 2.75) is 62.7 Å². The molecule has 216 valence electrons. The molecule has 2 aromatic rings. The second-order valence-corrected chi connectivity index (χ2v) is 9.68. The lowest BCUT2D eigenvalue weighted by molar-refractivity contribution is -0.149. The van der Waals surface area contributed by atoms with Gasteiger partial charge in [0.1, 0.15) is 18.1 Å². The van der Waals surface area contributed by atoms with Crippen molar-refractivity contribution in [3.05, 3.63) is 54.1 Å². The lowest BCUT2D eigenvalue weighted by Gasteiger charge is -2.29. The normalized spacial score (nSPS) is 16.9. The predicted molar refractivity (Wildman–Crippen MR) is 147 cm³/mol. The first-order valence-electron chi connectivity index (χ1n) is 13.1. The van der Waals surface area contributed by atoms with Crippen molar-refractivity contribution in [3.63, 3.8) is 0 Å². The van der Waals surface area contributed by atoms with Crippen LogP contribution in [0.2, 0.25) is 0 Å². The lowest BCUT2D eigenvalue weighted by Crippen LogP contribution is -2.57. The Bertz CT molecular complexity index is 1170. The fourth-order valence-corrected chi connectivity index (χ4v) is 4.59. The number of H-pyrrole nitrogens is 1. The maximum atomic E-state index is 13.6. The van der Waals surface area contributed by atoms with Crippen LogP contribution in [0.3, 0.4) is 0 Å². The highest BCUT2D eigenvalue weighted by atomic mass is 16.4. The fraction of sp³-hybridized carbons (Fsp3) is 0.462. The van der Waals surface area contributed by atoms with Crippen LogP contribution in [0.25, 0.3) is 0 Å². The van der Waals surface area contributed by atoms with E-state index in [1.165, 1.54) is 11.2 Å². The van der Waals surface area contributed by atoms with Gasteiger partial charge in [-0.05, 0) is 31.2 Å². The van der Waals surface area contributed by atoms with Crippen LogP contribution in [0.4, 0.5) is 0 Å². The molecule has 3 amide bonds. The minimum absolute atomic E-state index is 0.0984. The Kier molecular flexibility index (Phi) is 11.0. The van der Waals surface area contributed by atoms with Crippen molar-refractivity contribution in [1.29, 1.82) is 0 Å². The molecular formula is C26H37N9O5. The van der Waals surface area contributed by atoms with Crippen LogP contribution < -0.4 is 27.8 Å². The quantitative estimate of drug-likeness (QED) is 0.0825. The lowest BCUT2D eigenvalue weighted by atomic mass is 10.0. The van der Waals surface area contributed by atoms with Gasteiger partial charge in [0, 0.05) is 37.8 Å². The molecule has 40 heavy (non-hydrogen) atoms. The zero-order valence-corrected chi connectivity index (χ0v) is 22.2. The summed E-state index contributed by atoms with van der Waals surface area (Å²) in [5, 5.41) is 15.0. The summed E-state index contributed by atoms with van der Waals surface area (Å²) in [7, 11) is 0. The minimum atomic E-state index is -1.09. The van der Waals surface area contributed by atoms with Crippen molar-refractivity contribution in [3.8, 4) is 0 Å². The van der Waals surface area contributed by atoms with Gasteiger partial charge in [-0.2, -0.15) is 0 Å². The number of guanidine groups is 1. The van der Waals surface area contributed by atoms with Gasteiger partial charge < -0.3 is 42.8 Å². The monoisotopic (exact) mass is 555 g/mol. The summed E-state index contributed by atoms with van der Waals surface area (Å²) in [5.74, 6) is -2.85. The highest BCUT2D eigenvalue weighted by Gasteiger charge is 2.38.